The molecule has 1 unspecified atom stereocenters. The summed E-state index contributed by atoms with van der Waals surface area (Å²) in [4.78, 5) is 17.3. The van der Waals surface area contributed by atoms with Gasteiger partial charge in [-0.25, -0.2) is 4.98 Å². The second-order valence-electron chi connectivity index (χ2n) is 8.26. The van der Waals surface area contributed by atoms with E-state index in [1.807, 2.05) is 44.2 Å². The Hall–Kier alpha value is -3.51. The van der Waals surface area contributed by atoms with Crippen LogP contribution in [0.25, 0.3) is 11.0 Å². The minimum atomic E-state index is -0.311. The first-order chi connectivity index (χ1) is 16.4. The zero-order chi connectivity index (χ0) is 24.1. The van der Waals surface area contributed by atoms with Crippen LogP contribution in [0, 0.1) is 13.8 Å². The molecule has 0 saturated heterocycles. The molecule has 1 atom stereocenters. The van der Waals surface area contributed by atoms with E-state index in [-0.39, 0.29) is 18.6 Å². The van der Waals surface area contributed by atoms with Gasteiger partial charge in [0.1, 0.15) is 23.9 Å². The van der Waals surface area contributed by atoms with E-state index in [1.54, 1.807) is 24.3 Å². The normalized spacial score (nSPS) is 11.9. The Morgan fingerprint density at radius 3 is 2.62 bits per heavy atom. The zero-order valence-corrected chi connectivity index (χ0v) is 20.3. The summed E-state index contributed by atoms with van der Waals surface area (Å²) < 4.78 is 13.8. The number of hydrogen-bond donors (Lipinski definition) is 1. The SMILES string of the molecule is Cc1ccc(C)c(OCCn2c(C(C)NC(=O)COc3ccc(Cl)cc3)nc3ccccc32)c1. The van der Waals surface area contributed by atoms with Crippen LogP contribution in [0.3, 0.4) is 0 Å². The standard InChI is InChI=1S/C27H28ClN3O3/c1-18-8-9-19(2)25(16-18)33-15-14-31-24-7-5-4-6-23(24)30-27(31)20(3)29-26(32)17-34-22-12-10-21(28)11-13-22/h4-13,16,20H,14-15,17H2,1-3H3,(H,29,32). The third-order valence-electron chi connectivity index (χ3n) is 5.55. The van der Waals surface area contributed by atoms with Crippen LogP contribution in [0.2, 0.25) is 5.02 Å². The van der Waals surface area contributed by atoms with Gasteiger partial charge in [0.2, 0.25) is 0 Å². The molecule has 6 nitrogen and oxygen atoms in total. The van der Waals surface area contributed by atoms with Gasteiger partial charge in [0.25, 0.3) is 5.91 Å². The van der Waals surface area contributed by atoms with Gasteiger partial charge in [0.15, 0.2) is 6.61 Å². The first-order valence-electron chi connectivity index (χ1n) is 11.2. The molecule has 0 aliphatic rings. The Morgan fingerprint density at radius 1 is 1.06 bits per heavy atom. The number of rotatable bonds is 9. The molecule has 1 heterocycles. The van der Waals surface area contributed by atoms with E-state index in [4.69, 9.17) is 26.1 Å². The Balaban J connectivity index is 1.44. The van der Waals surface area contributed by atoms with Crippen molar-refractivity contribution in [1.82, 2.24) is 14.9 Å². The molecule has 0 fully saturated rings. The maximum atomic E-state index is 12.5. The summed E-state index contributed by atoms with van der Waals surface area (Å²) in [6.07, 6.45) is 0. The van der Waals surface area contributed by atoms with Crippen molar-refractivity contribution >= 4 is 28.5 Å². The smallest absolute Gasteiger partial charge is 0.258 e. The highest BCUT2D eigenvalue weighted by molar-refractivity contribution is 6.30. The lowest BCUT2D eigenvalue weighted by Crippen LogP contribution is -2.33. The number of carbonyl (C=O) groups excluding carboxylic acids is 1. The van der Waals surface area contributed by atoms with Crippen molar-refractivity contribution in [1.29, 1.82) is 0 Å². The fraction of sp³-hybridized carbons (Fsp3) is 0.259. The molecule has 0 aliphatic heterocycles. The molecular formula is C27H28ClN3O3. The van der Waals surface area contributed by atoms with E-state index >= 15 is 0 Å². The Labute approximate surface area is 204 Å². The minimum absolute atomic E-state index is 0.0953. The first-order valence-corrected chi connectivity index (χ1v) is 11.6. The molecule has 1 aromatic heterocycles. The molecule has 0 spiro atoms. The number of aromatic nitrogens is 2. The summed E-state index contributed by atoms with van der Waals surface area (Å²) in [5.41, 5.74) is 4.14. The number of carbonyl (C=O) groups is 1. The Kier molecular flexibility index (Phi) is 7.38. The predicted octanol–water partition coefficient (Wildman–Crippen LogP) is 5.64. The number of halogens is 1. The maximum Gasteiger partial charge on any atom is 0.258 e. The van der Waals surface area contributed by atoms with Crippen molar-refractivity contribution in [2.24, 2.45) is 0 Å². The molecule has 1 N–H and O–H groups in total. The number of nitrogens with one attached hydrogen (secondary N) is 1. The van der Waals surface area contributed by atoms with Crippen LogP contribution in [0.4, 0.5) is 0 Å². The van der Waals surface area contributed by atoms with Crippen LogP contribution >= 0.6 is 11.6 Å². The summed E-state index contributed by atoms with van der Waals surface area (Å²) in [5, 5.41) is 3.61. The topological polar surface area (TPSA) is 65.4 Å². The molecule has 0 aliphatic carbocycles. The third-order valence-corrected chi connectivity index (χ3v) is 5.80. The van der Waals surface area contributed by atoms with Crippen molar-refractivity contribution in [2.45, 2.75) is 33.4 Å². The fourth-order valence-corrected chi connectivity index (χ4v) is 3.92. The van der Waals surface area contributed by atoms with Gasteiger partial charge in [0, 0.05) is 5.02 Å². The van der Waals surface area contributed by atoms with Crippen molar-refractivity contribution in [3.05, 3.63) is 88.7 Å². The number of hydrogen-bond acceptors (Lipinski definition) is 4. The highest BCUT2D eigenvalue weighted by Gasteiger charge is 2.19. The fourth-order valence-electron chi connectivity index (χ4n) is 3.80. The largest absolute Gasteiger partial charge is 0.491 e. The van der Waals surface area contributed by atoms with Gasteiger partial charge in [-0.05, 0) is 74.4 Å². The van der Waals surface area contributed by atoms with Gasteiger partial charge in [-0.2, -0.15) is 0 Å². The average molecular weight is 478 g/mol. The molecule has 4 rings (SSSR count). The molecule has 3 aromatic carbocycles. The average Bonchev–Trinajstić information content (AvgIpc) is 3.20. The molecular weight excluding hydrogens is 450 g/mol. The molecule has 176 valence electrons. The summed E-state index contributed by atoms with van der Waals surface area (Å²) in [5.74, 6) is 2.01. The number of para-hydroxylation sites is 2. The molecule has 1 amide bonds. The minimum Gasteiger partial charge on any atom is -0.491 e. The number of nitrogens with zero attached hydrogens (tertiary/aromatic N) is 2. The number of amides is 1. The van der Waals surface area contributed by atoms with Crippen molar-refractivity contribution < 1.29 is 14.3 Å². The van der Waals surface area contributed by atoms with Crippen molar-refractivity contribution in [2.75, 3.05) is 13.2 Å². The lowest BCUT2D eigenvalue weighted by Gasteiger charge is -2.17. The van der Waals surface area contributed by atoms with Crippen LogP contribution in [-0.2, 0) is 11.3 Å². The van der Waals surface area contributed by atoms with Crippen molar-refractivity contribution in [3.8, 4) is 11.5 Å². The quantitative estimate of drug-likeness (QED) is 0.338. The van der Waals surface area contributed by atoms with Crippen LogP contribution in [-0.4, -0.2) is 28.7 Å². The summed E-state index contributed by atoms with van der Waals surface area (Å²) in [6.45, 7) is 7.00. The lowest BCUT2D eigenvalue weighted by atomic mass is 10.1. The molecule has 0 radical (unpaired) electrons. The summed E-state index contributed by atoms with van der Waals surface area (Å²) in [6, 6.07) is 20.7. The van der Waals surface area contributed by atoms with Gasteiger partial charge >= 0.3 is 0 Å². The van der Waals surface area contributed by atoms with Gasteiger partial charge in [-0.3, -0.25) is 4.79 Å². The number of aryl methyl sites for hydroxylation is 2. The number of fused-ring (bicyclic) bond motifs is 1. The van der Waals surface area contributed by atoms with Crippen LogP contribution in [0.15, 0.2) is 66.7 Å². The van der Waals surface area contributed by atoms with Gasteiger partial charge in [0.05, 0.1) is 23.6 Å². The van der Waals surface area contributed by atoms with Crippen LogP contribution in [0.5, 0.6) is 11.5 Å². The molecule has 4 aromatic rings. The monoisotopic (exact) mass is 477 g/mol. The summed E-state index contributed by atoms with van der Waals surface area (Å²) in [7, 11) is 0. The van der Waals surface area contributed by atoms with E-state index < -0.39 is 0 Å². The van der Waals surface area contributed by atoms with Gasteiger partial charge < -0.3 is 19.4 Å². The molecule has 7 heteroatoms. The molecule has 34 heavy (non-hydrogen) atoms. The molecule has 0 bridgehead atoms. The maximum absolute atomic E-state index is 12.5. The van der Waals surface area contributed by atoms with E-state index in [9.17, 15) is 4.79 Å². The Morgan fingerprint density at radius 2 is 1.82 bits per heavy atom. The van der Waals surface area contributed by atoms with Crippen LogP contribution < -0.4 is 14.8 Å². The Bertz CT molecular complexity index is 1280. The van der Waals surface area contributed by atoms with E-state index in [0.29, 0.717) is 23.9 Å². The van der Waals surface area contributed by atoms with Crippen molar-refractivity contribution in [3.63, 3.8) is 0 Å². The van der Waals surface area contributed by atoms with E-state index in [0.717, 1.165) is 33.7 Å². The van der Waals surface area contributed by atoms with Gasteiger partial charge in [-0.15, -0.1) is 0 Å². The third kappa shape index (κ3) is 5.69. The highest BCUT2D eigenvalue weighted by atomic mass is 35.5. The van der Waals surface area contributed by atoms with Crippen LogP contribution in [0.1, 0.15) is 29.9 Å². The predicted molar refractivity (Wildman–Crippen MR) is 135 cm³/mol. The number of benzene rings is 3. The number of imidazole rings is 1. The molecule has 0 saturated carbocycles. The van der Waals surface area contributed by atoms with Gasteiger partial charge in [-0.1, -0.05) is 35.9 Å². The summed E-state index contributed by atoms with van der Waals surface area (Å²) >= 11 is 5.89. The lowest BCUT2D eigenvalue weighted by molar-refractivity contribution is -0.123. The zero-order valence-electron chi connectivity index (χ0n) is 19.5. The first kappa shape index (κ1) is 23.6. The van der Waals surface area contributed by atoms with E-state index in [1.165, 1.54) is 0 Å². The number of ether oxygens (including phenoxy) is 2. The second-order valence-corrected chi connectivity index (χ2v) is 8.70. The highest BCUT2D eigenvalue weighted by Crippen LogP contribution is 2.23. The second kappa shape index (κ2) is 10.6. The van der Waals surface area contributed by atoms with E-state index in [2.05, 4.69) is 28.9 Å².